The van der Waals surface area contributed by atoms with Crippen LogP contribution >= 0.6 is 0 Å². The minimum absolute atomic E-state index is 0.208. The Morgan fingerprint density at radius 3 is 1.03 bits per heavy atom. The molecule has 1 aliphatic carbocycles. The Balaban J connectivity index is 1.02. The molecule has 65 heteroatoms. The van der Waals surface area contributed by atoms with Crippen molar-refractivity contribution < 1.29 is 226 Å². The summed E-state index contributed by atoms with van der Waals surface area (Å²) in [5, 5.41) is -2.20. The van der Waals surface area contributed by atoms with E-state index in [0.717, 1.165) is 0 Å². The van der Waals surface area contributed by atoms with E-state index in [2.05, 4.69) is 46.0 Å². The highest BCUT2D eigenvalue weighted by Crippen LogP contribution is 2.46. The highest BCUT2D eigenvalue weighted by molar-refractivity contribution is 7.83. The number of ketones is 1. The molecule has 7 aromatic rings. The molecule has 0 bridgehead atoms. The summed E-state index contributed by atoms with van der Waals surface area (Å²) in [5.41, 5.74) is -8.50. The van der Waals surface area contributed by atoms with Gasteiger partial charge >= 0.3 is 0 Å². The number of ether oxygens (including phenoxy) is 5. The first-order chi connectivity index (χ1) is 53.0. The molecule has 2 aromatic heterocycles. The van der Waals surface area contributed by atoms with Gasteiger partial charge in [-0.1, -0.05) is 0 Å². The Morgan fingerprint density at radius 1 is 0.328 bits per heavy atom. The number of allylic oxidation sites excluding steroid dienone is 2. The van der Waals surface area contributed by atoms with Gasteiger partial charge in [0.05, 0.1) is 26.4 Å². The molecule has 2 atom stereocenters. The summed E-state index contributed by atoms with van der Waals surface area (Å²) in [6.07, 6.45) is -2.52. The van der Waals surface area contributed by atoms with E-state index in [0.29, 0.717) is 78.9 Å². The average Bonchev–Trinajstić information content (AvgIpc) is 0.760. The molecule has 0 amide bonds. The topological polar surface area (TPSA) is 854 Å². The molecule has 0 radical (unpaired) electrons. The van der Waals surface area contributed by atoms with Crippen molar-refractivity contribution >= 4 is 148 Å². The summed E-state index contributed by atoms with van der Waals surface area (Å²) in [7, 11) is -65.6. The first kappa shape index (κ1) is 89.2. The zero-order chi connectivity index (χ0) is 86.4. The molecule has 0 N–H and O–H groups in total. The average molecular weight is 1860 g/mol. The number of carbonyl (C=O) groups is 1. The van der Waals surface area contributed by atoms with E-state index in [1.807, 2.05) is 0 Å². The minimum atomic E-state index is -6.20. The van der Waals surface area contributed by atoms with Gasteiger partial charge < -0.3 is 129 Å². The SMILES string of the molecule is O=C1C(OS(=O)(=O)[O-])=C(c2ccc(OS(=O)(=O)[O-])c(OCCCOc3cc(OS(=O)(=O)[O-])cc4oc(-c5ccc(OS(=O)(=O)[O-])c(OS(=O)(=O)[O-])c5)c(OS(=O)(=O)[O-])c(=O)c34)c2)OC2C=C(OS(=O)(=O)[O-])C=C(OCCCOc3cc(OS(=O)(=O)[O-])cc4oc(-c5ccc(OS(=O)(=O)[O-])c(OS(=O)(=O)[O-])c5)c(OS(=O)(=O)[O-])c(=O)c34)C12. The Hall–Kier alpha value is -10.8. The third-order valence-electron chi connectivity index (χ3n) is 13.3. The van der Waals surface area contributed by atoms with Crippen LogP contribution in [0.3, 0.4) is 0 Å². The van der Waals surface area contributed by atoms with E-state index in [9.17, 15) is 157 Å². The maximum Gasteiger partial charge on any atom is 0.262 e. The van der Waals surface area contributed by atoms with Crippen LogP contribution in [0.1, 0.15) is 18.4 Å². The monoisotopic (exact) mass is 1860 g/mol. The van der Waals surface area contributed by atoms with Gasteiger partial charge in [0.25, 0.3) is 114 Å². The van der Waals surface area contributed by atoms with Crippen molar-refractivity contribution in [1.29, 1.82) is 0 Å². The van der Waals surface area contributed by atoms with Gasteiger partial charge in [0.1, 0.15) is 68.5 Å². The number of benzene rings is 5. The van der Waals surface area contributed by atoms with Crippen molar-refractivity contribution in [2.45, 2.75) is 18.9 Å². The number of rotatable bonds is 37. The molecule has 0 saturated heterocycles. The number of fused-ring (bicyclic) bond motifs is 3. The second-order valence-corrected chi connectivity index (χ2v) is 32.3. The molecule has 0 fully saturated rings. The first-order valence-electron chi connectivity index (χ1n) is 28.8. The van der Waals surface area contributed by atoms with E-state index < -0.39 is 325 Å². The molecule has 634 valence electrons. The van der Waals surface area contributed by atoms with Crippen molar-refractivity contribution in [3.05, 3.63) is 134 Å². The summed E-state index contributed by atoms with van der Waals surface area (Å²) in [4.78, 5) is 43.0. The molecule has 3 heterocycles. The van der Waals surface area contributed by atoms with Gasteiger partial charge in [-0.15, -0.1) is 0 Å². The lowest BCUT2D eigenvalue weighted by Crippen LogP contribution is -2.40. The summed E-state index contributed by atoms with van der Waals surface area (Å²) in [5.74, 6) is -27.3. The van der Waals surface area contributed by atoms with Crippen LogP contribution in [0, 0.1) is 5.92 Å². The molecular weight excluding hydrogens is 1830 g/mol. The summed E-state index contributed by atoms with van der Waals surface area (Å²) < 4.78 is 475. The Bertz CT molecular complexity index is 6810. The van der Waals surface area contributed by atoms with Crippen molar-refractivity contribution in [2.75, 3.05) is 26.4 Å². The van der Waals surface area contributed by atoms with Gasteiger partial charge in [-0.3, -0.25) is 14.4 Å². The van der Waals surface area contributed by atoms with Gasteiger partial charge in [-0.05, 0) is 54.6 Å². The number of hydrogen-bond acceptors (Lipinski definition) is 54. The third-order valence-corrected chi connectivity index (χ3v) is 17.6. The van der Waals surface area contributed by atoms with Crippen LogP contribution in [0.2, 0.25) is 0 Å². The van der Waals surface area contributed by atoms with Crippen LogP contribution in [0.15, 0.2) is 127 Å². The van der Waals surface area contributed by atoms with E-state index >= 15 is 0 Å². The fourth-order valence-corrected chi connectivity index (χ4v) is 13.6. The Labute approximate surface area is 647 Å². The molecule has 2 unspecified atom stereocenters. The van der Waals surface area contributed by atoms with E-state index in [4.69, 9.17) is 32.5 Å². The zero-order valence-corrected chi connectivity index (χ0v) is 63.6. The zero-order valence-electron chi connectivity index (χ0n) is 54.6. The van der Waals surface area contributed by atoms with Gasteiger partial charge in [0.2, 0.25) is 33.9 Å². The lowest BCUT2D eigenvalue weighted by atomic mass is 9.86. The second kappa shape index (κ2) is 32.7. The van der Waals surface area contributed by atoms with Crippen molar-refractivity contribution in [3.8, 4) is 91.6 Å². The maximum atomic E-state index is 14.6. The van der Waals surface area contributed by atoms with Crippen LogP contribution in [-0.4, -0.2) is 181 Å². The van der Waals surface area contributed by atoms with Crippen LogP contribution in [-0.2, 0) is 137 Å². The Morgan fingerprint density at radius 2 is 0.655 bits per heavy atom. The molecule has 116 heavy (non-hydrogen) atoms. The predicted molar refractivity (Wildman–Crippen MR) is 345 cm³/mol. The molecule has 5 aromatic carbocycles. The molecule has 9 rings (SSSR count). The molecule has 1 aliphatic heterocycles. The van der Waals surface area contributed by atoms with Crippen LogP contribution < -0.4 is 62.7 Å². The minimum Gasteiger partial charge on any atom is -0.716 e. The fraction of sp³-hybridized carbons (Fsp3) is 0.157. The molecule has 54 nitrogen and oxygen atoms in total. The predicted octanol–water partition coefficient (Wildman–Crippen LogP) is -2.89. The lowest BCUT2D eigenvalue weighted by Gasteiger charge is -2.35. The van der Waals surface area contributed by atoms with E-state index in [-0.39, 0.29) is 12.1 Å². The highest BCUT2D eigenvalue weighted by atomic mass is 32.3. The van der Waals surface area contributed by atoms with Gasteiger partial charge in [-0.2, -0.15) is 0 Å². The van der Waals surface area contributed by atoms with Gasteiger partial charge in [0.15, 0.2) is 51.8 Å². The summed E-state index contributed by atoms with van der Waals surface area (Å²) in [6.45, 7) is -3.71. The molecule has 0 spiro atoms. The van der Waals surface area contributed by atoms with Crippen molar-refractivity contribution in [1.82, 2.24) is 0 Å². The summed E-state index contributed by atoms with van der Waals surface area (Å²) in [6, 6.07) is 5.37. The largest absolute Gasteiger partial charge is 0.716 e. The van der Waals surface area contributed by atoms with E-state index in [1.165, 1.54) is 0 Å². The van der Waals surface area contributed by atoms with Crippen molar-refractivity contribution in [2.24, 2.45) is 5.92 Å². The Kier molecular flexibility index (Phi) is 25.1. The lowest BCUT2D eigenvalue weighted by molar-refractivity contribution is -0.126. The molecular formula is C51H29O54S11-11. The maximum absolute atomic E-state index is 14.6. The van der Waals surface area contributed by atoms with Crippen LogP contribution in [0.5, 0.6) is 69.0 Å². The normalized spacial score (nSPS) is 15.4. The van der Waals surface area contributed by atoms with Gasteiger partial charge in [0, 0.05) is 65.9 Å². The van der Waals surface area contributed by atoms with Crippen molar-refractivity contribution in [3.63, 3.8) is 0 Å². The summed E-state index contributed by atoms with van der Waals surface area (Å²) >= 11 is 0. The van der Waals surface area contributed by atoms with Crippen LogP contribution in [0.25, 0.3) is 50.3 Å². The van der Waals surface area contributed by atoms with E-state index in [1.54, 1.807) is 0 Å². The van der Waals surface area contributed by atoms with Crippen LogP contribution in [0.4, 0.5) is 0 Å². The highest BCUT2D eigenvalue weighted by Gasteiger charge is 2.47. The third kappa shape index (κ3) is 25.1. The smallest absolute Gasteiger partial charge is 0.262 e. The second-order valence-electron chi connectivity index (χ2n) is 21.5. The molecule has 2 aliphatic rings. The van der Waals surface area contributed by atoms with Gasteiger partial charge in [-0.25, -0.2) is 92.6 Å². The first-order valence-corrected chi connectivity index (χ1v) is 43.5. The quantitative estimate of drug-likeness (QED) is 0.0214. The number of carbonyl (C=O) groups excluding carboxylic acids is 1. The number of hydrogen-bond donors (Lipinski definition) is 0. The molecule has 0 saturated carbocycles. The fourth-order valence-electron chi connectivity index (χ4n) is 9.79. The standard InChI is InChI=1S/C51H40O54S11/c52-43-40-35(90-11-2-12-91-36-18-27(97-108(61,62)63)21-39-42(36)45(54)51(105-116(85,86)87)48(94-39)24-5-8-30(100-111(70,71)72)33(15-24)102-113(76,77)78)17-25(95-106(55,56)57)19-37(40)92-46(49(43)103-114(79,80)81)22-3-6-28(98-109(64,65)66)31(13-22)88-9-1-10-89-34-16-26(96-107(58,59)60)20-38-41(34)44(53)50(104-115(82,83)84)47(93-38)23-4-7-29(99-110(67,68)69)32(14-23)101-112(73,74)75/h3-8,13-21,37,40H,1-2,9-12H2,(H,55,56,57)(H,58,59,60)(H,61,62,63)(H,64,65,66)(H,67,68,69)(H,70,71,72)(H,73,74,75)(H,76,77,78)(H,79,80,81)(H,82,83,84)(H,85,86,87)/p-11. The number of Topliss-reactive ketones (excluding diaryl/α,β-unsaturated/α-hetero) is 1.